The summed E-state index contributed by atoms with van der Waals surface area (Å²) < 4.78 is 39.0. The number of rotatable bonds is 6. The summed E-state index contributed by atoms with van der Waals surface area (Å²) in [5.74, 6) is 2.26. The maximum atomic E-state index is 12.7. The molecule has 6 nitrogen and oxygen atoms in total. The first kappa shape index (κ1) is 20.9. The van der Waals surface area contributed by atoms with Gasteiger partial charge in [0.25, 0.3) is 0 Å². The SMILES string of the molecule is CCOc1cc2c(cc1OCC)[C@H]1C[C@H]3[C@H](CCCN3S(=O)(=O)CC)CN1CC2. The van der Waals surface area contributed by atoms with E-state index >= 15 is 0 Å². The quantitative estimate of drug-likeness (QED) is 0.705. The Labute approximate surface area is 175 Å². The van der Waals surface area contributed by atoms with Crippen LogP contribution in [0.2, 0.25) is 0 Å². The molecular weight excluding hydrogens is 388 g/mol. The van der Waals surface area contributed by atoms with Gasteiger partial charge in [0.2, 0.25) is 10.0 Å². The molecule has 0 aliphatic carbocycles. The van der Waals surface area contributed by atoms with Crippen LogP contribution in [0.25, 0.3) is 0 Å². The van der Waals surface area contributed by atoms with E-state index in [4.69, 9.17) is 9.47 Å². The van der Waals surface area contributed by atoms with Gasteiger partial charge in [0.1, 0.15) is 0 Å². The molecule has 7 heteroatoms. The van der Waals surface area contributed by atoms with E-state index in [1.807, 2.05) is 18.2 Å². The molecule has 0 aromatic heterocycles. The lowest BCUT2D eigenvalue weighted by Crippen LogP contribution is -2.57. The third kappa shape index (κ3) is 3.89. The van der Waals surface area contributed by atoms with Gasteiger partial charge >= 0.3 is 0 Å². The molecule has 0 radical (unpaired) electrons. The first-order valence-electron chi connectivity index (χ1n) is 11.1. The highest BCUT2D eigenvalue weighted by molar-refractivity contribution is 7.89. The molecule has 1 aromatic rings. The minimum absolute atomic E-state index is 0.114. The molecule has 2 saturated heterocycles. The molecule has 0 amide bonds. The van der Waals surface area contributed by atoms with E-state index in [0.717, 1.165) is 50.3 Å². The molecule has 3 heterocycles. The topological polar surface area (TPSA) is 59.1 Å². The molecule has 1 aromatic carbocycles. The summed E-state index contributed by atoms with van der Waals surface area (Å²) in [6.45, 7) is 9.63. The van der Waals surface area contributed by atoms with Gasteiger partial charge in [0.15, 0.2) is 11.5 Å². The first-order chi connectivity index (χ1) is 14.0. The Hall–Kier alpha value is -1.31. The second-order valence-corrected chi connectivity index (χ2v) is 10.6. The summed E-state index contributed by atoms with van der Waals surface area (Å²) in [4.78, 5) is 2.57. The van der Waals surface area contributed by atoms with Crippen LogP contribution in [0.1, 0.15) is 57.2 Å². The van der Waals surface area contributed by atoms with Crippen LogP contribution in [0, 0.1) is 5.92 Å². The Kier molecular flexibility index (Phi) is 6.09. The standard InChI is InChI=1S/C22H34N2O4S/c1-4-27-21-12-16-9-11-23-15-17-8-7-10-24(29(25,26)6-3)19(17)14-20(23)18(16)13-22(21)28-5-2/h12-13,17,19-20H,4-11,14-15H2,1-3H3/t17-,19+,20-/m1/s1. The predicted octanol–water partition coefficient (Wildman–Crippen LogP) is 3.22. The summed E-state index contributed by atoms with van der Waals surface area (Å²) in [7, 11) is -3.17. The third-order valence-corrected chi connectivity index (χ3v) is 8.69. The van der Waals surface area contributed by atoms with Crippen molar-refractivity contribution in [1.29, 1.82) is 0 Å². The van der Waals surface area contributed by atoms with Crippen molar-refractivity contribution in [3.8, 4) is 11.5 Å². The van der Waals surface area contributed by atoms with Gasteiger partial charge in [0.05, 0.1) is 19.0 Å². The minimum atomic E-state index is -3.17. The molecular formula is C22H34N2O4S. The molecule has 29 heavy (non-hydrogen) atoms. The zero-order valence-electron chi connectivity index (χ0n) is 17.9. The lowest BCUT2D eigenvalue weighted by molar-refractivity contribution is 0.0219. The lowest BCUT2D eigenvalue weighted by Gasteiger charge is -2.51. The van der Waals surface area contributed by atoms with Crippen LogP contribution in [-0.2, 0) is 16.4 Å². The fourth-order valence-electron chi connectivity index (χ4n) is 5.46. The Balaban J connectivity index is 1.68. The molecule has 162 valence electrons. The van der Waals surface area contributed by atoms with Crippen molar-refractivity contribution in [1.82, 2.24) is 9.21 Å². The van der Waals surface area contributed by atoms with Crippen LogP contribution in [0.15, 0.2) is 12.1 Å². The van der Waals surface area contributed by atoms with E-state index in [-0.39, 0.29) is 17.8 Å². The fraction of sp³-hybridized carbons (Fsp3) is 0.727. The normalized spacial score (nSPS) is 27.6. The Bertz CT molecular complexity index is 841. The molecule has 3 aliphatic rings. The van der Waals surface area contributed by atoms with Crippen molar-refractivity contribution in [2.45, 2.75) is 58.5 Å². The van der Waals surface area contributed by atoms with E-state index in [1.54, 1.807) is 6.92 Å². The van der Waals surface area contributed by atoms with Gasteiger partial charge in [-0.05, 0) is 75.6 Å². The van der Waals surface area contributed by atoms with E-state index in [9.17, 15) is 8.42 Å². The lowest BCUT2D eigenvalue weighted by atomic mass is 9.77. The number of fused-ring (bicyclic) bond motifs is 4. The summed E-state index contributed by atoms with van der Waals surface area (Å²) in [6.07, 6.45) is 3.98. The van der Waals surface area contributed by atoms with E-state index < -0.39 is 10.0 Å². The van der Waals surface area contributed by atoms with Crippen molar-refractivity contribution in [2.24, 2.45) is 5.92 Å². The Morgan fingerprint density at radius 2 is 1.79 bits per heavy atom. The second kappa shape index (κ2) is 8.44. The van der Waals surface area contributed by atoms with Crippen molar-refractivity contribution >= 4 is 10.0 Å². The van der Waals surface area contributed by atoms with E-state index in [2.05, 4.69) is 17.0 Å². The van der Waals surface area contributed by atoms with Crippen LogP contribution in [0.4, 0.5) is 0 Å². The Morgan fingerprint density at radius 3 is 2.48 bits per heavy atom. The molecule has 0 N–H and O–H groups in total. The number of nitrogens with zero attached hydrogens (tertiary/aromatic N) is 2. The van der Waals surface area contributed by atoms with Crippen LogP contribution < -0.4 is 9.47 Å². The molecule has 0 spiro atoms. The van der Waals surface area contributed by atoms with Crippen LogP contribution in [-0.4, -0.2) is 62.3 Å². The summed E-state index contributed by atoms with van der Waals surface area (Å²) in [5, 5.41) is 0. The number of benzene rings is 1. The molecule has 0 saturated carbocycles. The van der Waals surface area contributed by atoms with Crippen LogP contribution >= 0.6 is 0 Å². The smallest absolute Gasteiger partial charge is 0.214 e. The molecule has 3 atom stereocenters. The van der Waals surface area contributed by atoms with Gasteiger partial charge in [-0.25, -0.2) is 8.42 Å². The molecule has 2 fully saturated rings. The van der Waals surface area contributed by atoms with E-state index in [0.29, 0.717) is 25.7 Å². The first-order valence-corrected chi connectivity index (χ1v) is 12.7. The van der Waals surface area contributed by atoms with Gasteiger partial charge in [-0.2, -0.15) is 4.31 Å². The highest BCUT2D eigenvalue weighted by atomic mass is 32.2. The van der Waals surface area contributed by atoms with Crippen LogP contribution in [0.5, 0.6) is 11.5 Å². The number of sulfonamides is 1. The average molecular weight is 423 g/mol. The number of hydrogen-bond acceptors (Lipinski definition) is 5. The van der Waals surface area contributed by atoms with Gasteiger partial charge in [0, 0.05) is 31.7 Å². The number of piperidine rings is 2. The summed E-state index contributed by atoms with van der Waals surface area (Å²) in [6, 6.07) is 4.67. The highest BCUT2D eigenvalue weighted by Crippen LogP contribution is 2.46. The van der Waals surface area contributed by atoms with Crippen molar-refractivity contribution < 1.29 is 17.9 Å². The average Bonchev–Trinajstić information content (AvgIpc) is 2.72. The maximum absolute atomic E-state index is 12.7. The number of hydrogen-bond donors (Lipinski definition) is 0. The maximum Gasteiger partial charge on any atom is 0.214 e. The van der Waals surface area contributed by atoms with Crippen molar-refractivity contribution in [2.75, 3.05) is 38.6 Å². The minimum Gasteiger partial charge on any atom is -0.490 e. The Morgan fingerprint density at radius 1 is 1.07 bits per heavy atom. The monoisotopic (exact) mass is 422 g/mol. The zero-order chi connectivity index (χ0) is 20.6. The molecule has 3 aliphatic heterocycles. The van der Waals surface area contributed by atoms with Gasteiger partial charge in [-0.1, -0.05) is 0 Å². The van der Waals surface area contributed by atoms with Gasteiger partial charge in [-0.3, -0.25) is 4.90 Å². The largest absolute Gasteiger partial charge is 0.490 e. The van der Waals surface area contributed by atoms with E-state index in [1.165, 1.54) is 11.1 Å². The predicted molar refractivity (Wildman–Crippen MR) is 114 cm³/mol. The zero-order valence-corrected chi connectivity index (χ0v) is 18.7. The van der Waals surface area contributed by atoms with Gasteiger partial charge < -0.3 is 9.47 Å². The van der Waals surface area contributed by atoms with Crippen molar-refractivity contribution in [3.63, 3.8) is 0 Å². The highest BCUT2D eigenvalue weighted by Gasteiger charge is 2.45. The van der Waals surface area contributed by atoms with Gasteiger partial charge in [-0.15, -0.1) is 0 Å². The molecule has 0 bridgehead atoms. The number of ether oxygens (including phenoxy) is 2. The van der Waals surface area contributed by atoms with Crippen LogP contribution in [0.3, 0.4) is 0 Å². The summed E-state index contributed by atoms with van der Waals surface area (Å²) >= 11 is 0. The summed E-state index contributed by atoms with van der Waals surface area (Å²) in [5.41, 5.74) is 2.61. The molecule has 4 rings (SSSR count). The fourth-order valence-corrected chi connectivity index (χ4v) is 6.87. The third-order valence-electron chi connectivity index (χ3n) is 6.80. The van der Waals surface area contributed by atoms with Crippen molar-refractivity contribution in [3.05, 3.63) is 23.3 Å². The second-order valence-electron chi connectivity index (χ2n) is 8.34. The molecule has 0 unspecified atom stereocenters.